The minimum Gasteiger partial charge on any atom is -0.303 e. The van der Waals surface area contributed by atoms with E-state index in [1.54, 1.807) is 11.3 Å². The smallest absolute Gasteiger partial charge is 0.303 e. The number of aromatic nitrogens is 2. The van der Waals surface area contributed by atoms with Gasteiger partial charge in [0, 0.05) is 34.8 Å². The summed E-state index contributed by atoms with van der Waals surface area (Å²) in [7, 11) is 0. The molecule has 1 N–H and O–H groups in total. The number of hydrogen-bond acceptors (Lipinski definition) is 4. The van der Waals surface area contributed by atoms with E-state index >= 15 is 0 Å². The molecule has 1 aliphatic heterocycles. The van der Waals surface area contributed by atoms with E-state index in [4.69, 9.17) is 0 Å². The molecular weight excluding hydrogens is 351 g/mol. The number of aromatic amines is 1. The Hall–Kier alpha value is -2.19. The number of halogens is 3. The summed E-state index contributed by atoms with van der Waals surface area (Å²) in [5, 5.41) is 1.16. The summed E-state index contributed by atoms with van der Waals surface area (Å²) in [5.74, 6) is -1.22. The maximum Gasteiger partial charge on any atom is 0.449 e. The van der Waals surface area contributed by atoms with Gasteiger partial charge < -0.3 is 4.98 Å². The second-order valence-electron chi connectivity index (χ2n) is 6.05. The molecule has 1 aliphatic rings. The van der Waals surface area contributed by atoms with Crippen LogP contribution in [0.5, 0.6) is 0 Å². The number of alkyl halides is 3. The number of H-pyrrole nitrogens is 1. The van der Waals surface area contributed by atoms with Crippen LogP contribution in [-0.4, -0.2) is 21.4 Å². The van der Waals surface area contributed by atoms with Crippen LogP contribution in [0.1, 0.15) is 22.0 Å². The van der Waals surface area contributed by atoms with Crippen LogP contribution < -0.4 is 5.56 Å². The SMILES string of the molecule is O=c1[nH]c(C(F)(F)F)nc2c1CCN(Cc1cc3ccccc3s1)C2. The molecule has 1 aromatic carbocycles. The number of nitrogens with one attached hydrogen (secondary N) is 1. The van der Waals surface area contributed by atoms with Crippen molar-refractivity contribution < 1.29 is 13.2 Å². The molecule has 0 atom stereocenters. The Morgan fingerprint density at radius 1 is 1.28 bits per heavy atom. The first-order valence-corrected chi connectivity index (χ1v) is 8.61. The second kappa shape index (κ2) is 5.96. The molecule has 8 heteroatoms. The largest absolute Gasteiger partial charge is 0.449 e. The number of fused-ring (bicyclic) bond motifs is 2. The maximum absolute atomic E-state index is 12.9. The highest BCUT2D eigenvalue weighted by Gasteiger charge is 2.36. The fraction of sp³-hybridized carbons (Fsp3) is 0.294. The molecule has 4 nitrogen and oxygen atoms in total. The summed E-state index contributed by atoms with van der Waals surface area (Å²) in [6.07, 6.45) is -4.25. The first kappa shape index (κ1) is 16.3. The van der Waals surface area contributed by atoms with Crippen LogP contribution in [-0.2, 0) is 25.7 Å². The van der Waals surface area contributed by atoms with Gasteiger partial charge in [0.15, 0.2) is 0 Å². The van der Waals surface area contributed by atoms with Gasteiger partial charge in [-0.2, -0.15) is 13.2 Å². The Labute approximate surface area is 144 Å². The Morgan fingerprint density at radius 2 is 2.08 bits per heavy atom. The zero-order valence-corrected chi connectivity index (χ0v) is 13.9. The lowest BCUT2D eigenvalue weighted by Gasteiger charge is -2.27. The quantitative estimate of drug-likeness (QED) is 0.755. The summed E-state index contributed by atoms with van der Waals surface area (Å²) in [4.78, 5) is 20.6. The van der Waals surface area contributed by atoms with E-state index in [0.717, 1.165) is 10.3 Å². The van der Waals surface area contributed by atoms with Gasteiger partial charge >= 0.3 is 6.18 Å². The molecule has 0 amide bonds. The monoisotopic (exact) mass is 365 g/mol. The van der Waals surface area contributed by atoms with E-state index in [9.17, 15) is 18.0 Å². The van der Waals surface area contributed by atoms with Crippen molar-refractivity contribution >= 4 is 21.4 Å². The van der Waals surface area contributed by atoms with Gasteiger partial charge in [-0.05, 0) is 23.9 Å². The van der Waals surface area contributed by atoms with Crippen LogP contribution in [0.15, 0.2) is 35.1 Å². The highest BCUT2D eigenvalue weighted by atomic mass is 32.1. The van der Waals surface area contributed by atoms with Crippen LogP contribution in [0.2, 0.25) is 0 Å². The zero-order chi connectivity index (χ0) is 17.6. The van der Waals surface area contributed by atoms with Crippen LogP contribution in [0.25, 0.3) is 10.1 Å². The summed E-state index contributed by atoms with van der Waals surface area (Å²) in [6, 6.07) is 10.1. The Kier molecular flexibility index (Phi) is 3.88. The minimum absolute atomic E-state index is 0.225. The predicted octanol–water partition coefficient (Wildman–Crippen LogP) is 3.56. The molecule has 3 heterocycles. The standard InChI is InChI=1S/C17H14F3N3OS/c18-17(19,20)16-21-13-9-23(6-5-12(13)15(24)22-16)8-11-7-10-3-1-2-4-14(10)25-11/h1-4,7H,5-6,8-9H2,(H,21,22,24). The van der Waals surface area contributed by atoms with Crippen LogP contribution in [0.3, 0.4) is 0 Å². The number of thiophene rings is 1. The van der Waals surface area contributed by atoms with Crippen LogP contribution in [0.4, 0.5) is 13.2 Å². The van der Waals surface area contributed by atoms with Crippen molar-refractivity contribution in [2.45, 2.75) is 25.7 Å². The van der Waals surface area contributed by atoms with E-state index in [-0.39, 0.29) is 12.2 Å². The average Bonchev–Trinajstić information content (AvgIpc) is 2.95. The van der Waals surface area contributed by atoms with E-state index < -0.39 is 17.6 Å². The molecular formula is C17H14F3N3OS. The van der Waals surface area contributed by atoms with E-state index in [0.29, 0.717) is 25.1 Å². The molecule has 0 saturated heterocycles. The number of hydrogen-bond donors (Lipinski definition) is 1. The normalized spacial score (nSPS) is 15.5. The van der Waals surface area contributed by atoms with Crippen molar-refractivity contribution in [3.05, 3.63) is 62.6 Å². The van der Waals surface area contributed by atoms with Crippen molar-refractivity contribution in [3.8, 4) is 0 Å². The van der Waals surface area contributed by atoms with Crippen LogP contribution >= 0.6 is 11.3 Å². The molecule has 0 spiro atoms. The van der Waals surface area contributed by atoms with Crippen LogP contribution in [0, 0.1) is 0 Å². The zero-order valence-electron chi connectivity index (χ0n) is 13.1. The Balaban J connectivity index is 1.59. The van der Waals surface area contributed by atoms with Crippen molar-refractivity contribution in [1.82, 2.24) is 14.9 Å². The van der Waals surface area contributed by atoms with Gasteiger partial charge in [0.1, 0.15) is 0 Å². The maximum atomic E-state index is 12.9. The summed E-state index contributed by atoms with van der Waals surface area (Å²) in [6.45, 7) is 1.50. The van der Waals surface area contributed by atoms with Gasteiger partial charge in [0.25, 0.3) is 5.56 Å². The van der Waals surface area contributed by atoms with Gasteiger partial charge in [0.05, 0.1) is 5.69 Å². The van der Waals surface area contributed by atoms with Crippen molar-refractivity contribution in [1.29, 1.82) is 0 Å². The van der Waals surface area contributed by atoms with Gasteiger partial charge in [0.2, 0.25) is 5.82 Å². The third kappa shape index (κ3) is 3.19. The number of benzene rings is 1. The highest BCUT2D eigenvalue weighted by Crippen LogP contribution is 2.29. The number of nitrogens with zero attached hydrogens (tertiary/aromatic N) is 2. The lowest BCUT2D eigenvalue weighted by atomic mass is 10.1. The lowest BCUT2D eigenvalue weighted by Crippen LogP contribution is -2.36. The molecule has 130 valence electrons. The number of rotatable bonds is 2. The van der Waals surface area contributed by atoms with E-state index in [2.05, 4.69) is 11.1 Å². The Morgan fingerprint density at radius 3 is 2.84 bits per heavy atom. The van der Waals surface area contributed by atoms with E-state index in [1.807, 2.05) is 34.1 Å². The predicted molar refractivity (Wildman–Crippen MR) is 89.5 cm³/mol. The fourth-order valence-corrected chi connectivity index (χ4v) is 4.21. The van der Waals surface area contributed by atoms with Crippen molar-refractivity contribution in [2.24, 2.45) is 0 Å². The van der Waals surface area contributed by atoms with Crippen molar-refractivity contribution in [3.63, 3.8) is 0 Å². The summed E-state index contributed by atoms with van der Waals surface area (Å²) < 4.78 is 39.8. The third-order valence-electron chi connectivity index (χ3n) is 4.28. The molecule has 0 aliphatic carbocycles. The molecule has 0 radical (unpaired) electrons. The topological polar surface area (TPSA) is 49.0 Å². The summed E-state index contributed by atoms with van der Waals surface area (Å²) in [5.41, 5.74) is -0.0946. The van der Waals surface area contributed by atoms with Gasteiger partial charge in [-0.1, -0.05) is 18.2 Å². The van der Waals surface area contributed by atoms with Crippen molar-refractivity contribution in [2.75, 3.05) is 6.54 Å². The second-order valence-corrected chi connectivity index (χ2v) is 7.22. The van der Waals surface area contributed by atoms with Gasteiger partial charge in [-0.3, -0.25) is 9.69 Å². The third-order valence-corrected chi connectivity index (χ3v) is 5.38. The molecule has 25 heavy (non-hydrogen) atoms. The highest BCUT2D eigenvalue weighted by molar-refractivity contribution is 7.19. The van der Waals surface area contributed by atoms with Gasteiger partial charge in [-0.25, -0.2) is 4.98 Å². The fourth-order valence-electron chi connectivity index (χ4n) is 3.10. The molecule has 0 unspecified atom stereocenters. The summed E-state index contributed by atoms with van der Waals surface area (Å²) >= 11 is 1.67. The van der Waals surface area contributed by atoms with Gasteiger partial charge in [-0.15, -0.1) is 11.3 Å². The lowest BCUT2D eigenvalue weighted by molar-refractivity contribution is -0.145. The molecule has 3 aromatic rings. The first-order valence-electron chi connectivity index (χ1n) is 7.79. The minimum atomic E-state index is -4.65. The average molecular weight is 365 g/mol. The first-order chi connectivity index (χ1) is 11.9. The van der Waals surface area contributed by atoms with E-state index in [1.165, 1.54) is 4.70 Å². The molecule has 4 rings (SSSR count). The molecule has 2 aromatic heterocycles. The molecule has 0 fully saturated rings. The molecule has 0 saturated carbocycles. The molecule has 0 bridgehead atoms. The Bertz CT molecular complexity index is 960.